The van der Waals surface area contributed by atoms with Crippen LogP contribution in [0.1, 0.15) is 13.8 Å². The lowest BCUT2D eigenvalue weighted by Gasteiger charge is -2.18. The van der Waals surface area contributed by atoms with Crippen LogP contribution in [0, 0.1) is 0 Å². The molecule has 1 aromatic carbocycles. The summed E-state index contributed by atoms with van der Waals surface area (Å²) in [4.78, 5) is 13.4. The number of anilines is 1. The summed E-state index contributed by atoms with van der Waals surface area (Å²) in [5, 5.41) is 0. The zero-order valence-corrected chi connectivity index (χ0v) is 10.8. The van der Waals surface area contributed by atoms with E-state index in [0.717, 1.165) is 11.4 Å². The highest BCUT2D eigenvalue weighted by Gasteiger charge is 2.12. The lowest BCUT2D eigenvalue weighted by atomic mass is 10.3. The van der Waals surface area contributed by atoms with E-state index >= 15 is 0 Å². The minimum absolute atomic E-state index is 0.0534. The van der Waals surface area contributed by atoms with Gasteiger partial charge in [0.05, 0.1) is 13.2 Å². The third-order valence-corrected chi connectivity index (χ3v) is 2.35. The van der Waals surface area contributed by atoms with Crippen molar-refractivity contribution in [3.8, 4) is 5.75 Å². The smallest absolute Gasteiger partial charge is 0.252 e. The molecule has 0 aliphatic carbocycles. The second-order valence-electron chi connectivity index (χ2n) is 4.01. The van der Waals surface area contributed by atoms with Crippen molar-refractivity contribution < 1.29 is 14.3 Å². The molecule has 4 heteroatoms. The molecule has 4 nitrogen and oxygen atoms in total. The largest absolute Gasteiger partial charge is 0.497 e. The molecule has 0 saturated heterocycles. The van der Waals surface area contributed by atoms with Crippen molar-refractivity contribution in [2.24, 2.45) is 0 Å². The highest BCUT2D eigenvalue weighted by molar-refractivity contribution is 5.93. The molecule has 0 aliphatic rings. The van der Waals surface area contributed by atoms with Gasteiger partial charge in [0.15, 0.2) is 0 Å². The molecule has 0 aromatic heterocycles. The summed E-state index contributed by atoms with van der Waals surface area (Å²) in [6, 6.07) is 7.36. The molecular weight excluding hydrogens is 218 g/mol. The van der Waals surface area contributed by atoms with E-state index in [9.17, 15) is 4.79 Å². The number of amides is 1. The number of benzene rings is 1. The zero-order chi connectivity index (χ0) is 12.8. The zero-order valence-electron chi connectivity index (χ0n) is 10.8. The third kappa shape index (κ3) is 4.07. The molecule has 0 heterocycles. The number of nitrogens with zero attached hydrogens (tertiary/aromatic N) is 1. The number of hydrogen-bond acceptors (Lipinski definition) is 3. The van der Waals surface area contributed by atoms with E-state index in [4.69, 9.17) is 9.47 Å². The number of carbonyl (C=O) groups is 1. The Balaban J connectivity index is 2.67. The van der Waals surface area contributed by atoms with Crippen LogP contribution in [-0.4, -0.2) is 32.8 Å². The molecule has 0 aliphatic heterocycles. The van der Waals surface area contributed by atoms with Gasteiger partial charge < -0.3 is 14.4 Å². The Morgan fingerprint density at radius 1 is 1.41 bits per heavy atom. The summed E-state index contributed by atoms with van der Waals surface area (Å²) in [6.07, 6.45) is 0.0534. The van der Waals surface area contributed by atoms with Crippen LogP contribution >= 0.6 is 0 Å². The predicted octanol–water partition coefficient (Wildman–Crippen LogP) is 2.08. The van der Waals surface area contributed by atoms with E-state index in [2.05, 4.69) is 0 Å². The van der Waals surface area contributed by atoms with Crippen LogP contribution in [0.25, 0.3) is 0 Å². The Labute approximate surface area is 102 Å². The Hall–Kier alpha value is -1.55. The first-order chi connectivity index (χ1) is 8.04. The quantitative estimate of drug-likeness (QED) is 0.787. The number of rotatable bonds is 5. The molecule has 0 bridgehead atoms. The van der Waals surface area contributed by atoms with Crippen LogP contribution in [0.15, 0.2) is 24.3 Å². The number of hydrogen-bond donors (Lipinski definition) is 0. The van der Waals surface area contributed by atoms with Crippen molar-refractivity contribution in [2.45, 2.75) is 20.0 Å². The molecule has 0 atom stereocenters. The summed E-state index contributed by atoms with van der Waals surface area (Å²) in [5.74, 6) is 0.652. The Bertz CT molecular complexity index is 377. The van der Waals surface area contributed by atoms with Crippen molar-refractivity contribution in [1.29, 1.82) is 0 Å². The van der Waals surface area contributed by atoms with Crippen molar-refractivity contribution in [1.82, 2.24) is 0 Å². The number of ether oxygens (including phenoxy) is 2. The van der Waals surface area contributed by atoms with Gasteiger partial charge in [-0.05, 0) is 26.0 Å². The Morgan fingerprint density at radius 2 is 2.12 bits per heavy atom. The maximum Gasteiger partial charge on any atom is 0.252 e. The van der Waals surface area contributed by atoms with Gasteiger partial charge in [-0.1, -0.05) is 6.07 Å². The molecule has 0 saturated carbocycles. The van der Waals surface area contributed by atoms with Crippen LogP contribution in [0.2, 0.25) is 0 Å². The lowest BCUT2D eigenvalue weighted by Crippen LogP contribution is -2.31. The van der Waals surface area contributed by atoms with Crippen LogP contribution in [0.4, 0.5) is 5.69 Å². The van der Waals surface area contributed by atoms with E-state index in [1.807, 2.05) is 38.1 Å². The second kappa shape index (κ2) is 6.25. The topological polar surface area (TPSA) is 38.8 Å². The van der Waals surface area contributed by atoms with Gasteiger partial charge in [0.2, 0.25) is 0 Å². The summed E-state index contributed by atoms with van der Waals surface area (Å²) < 4.78 is 10.4. The molecular formula is C13H19NO3. The molecule has 0 N–H and O–H groups in total. The van der Waals surface area contributed by atoms with Crippen LogP contribution in [-0.2, 0) is 9.53 Å². The average Bonchev–Trinajstić information content (AvgIpc) is 2.35. The van der Waals surface area contributed by atoms with E-state index in [0.29, 0.717) is 0 Å². The maximum absolute atomic E-state index is 11.8. The van der Waals surface area contributed by atoms with Gasteiger partial charge in [0.25, 0.3) is 5.91 Å². The first-order valence-corrected chi connectivity index (χ1v) is 5.56. The summed E-state index contributed by atoms with van der Waals surface area (Å²) in [6.45, 7) is 3.89. The molecule has 0 radical (unpaired) electrons. The molecule has 1 rings (SSSR count). The maximum atomic E-state index is 11.8. The molecule has 1 amide bonds. The molecule has 1 aromatic rings. The first kappa shape index (κ1) is 13.5. The fourth-order valence-electron chi connectivity index (χ4n) is 1.30. The fraction of sp³-hybridized carbons (Fsp3) is 0.462. The van der Waals surface area contributed by atoms with Gasteiger partial charge in [0.1, 0.15) is 12.4 Å². The highest BCUT2D eigenvalue weighted by Crippen LogP contribution is 2.19. The number of carbonyl (C=O) groups excluding carboxylic acids is 1. The van der Waals surface area contributed by atoms with Gasteiger partial charge in [-0.3, -0.25) is 4.79 Å². The van der Waals surface area contributed by atoms with Crippen molar-refractivity contribution in [2.75, 3.05) is 25.7 Å². The third-order valence-electron chi connectivity index (χ3n) is 2.35. The average molecular weight is 237 g/mol. The second-order valence-corrected chi connectivity index (χ2v) is 4.01. The van der Waals surface area contributed by atoms with Crippen molar-refractivity contribution in [3.05, 3.63) is 24.3 Å². The van der Waals surface area contributed by atoms with E-state index in [-0.39, 0.29) is 18.6 Å². The van der Waals surface area contributed by atoms with Gasteiger partial charge in [-0.2, -0.15) is 0 Å². The highest BCUT2D eigenvalue weighted by atomic mass is 16.5. The van der Waals surface area contributed by atoms with E-state index < -0.39 is 0 Å². The Morgan fingerprint density at radius 3 is 2.71 bits per heavy atom. The summed E-state index contributed by atoms with van der Waals surface area (Å²) in [7, 11) is 3.32. The van der Waals surface area contributed by atoms with Crippen molar-refractivity contribution >= 4 is 11.6 Å². The molecule has 0 fully saturated rings. The molecule has 0 spiro atoms. The molecule has 94 valence electrons. The summed E-state index contributed by atoms with van der Waals surface area (Å²) in [5.41, 5.74) is 0.793. The SMILES string of the molecule is COc1cccc(N(C)C(=O)COC(C)C)c1. The standard InChI is InChI=1S/C13H19NO3/c1-10(2)17-9-13(15)14(3)11-6-5-7-12(8-11)16-4/h5-8,10H,9H2,1-4H3. The van der Waals surface area contributed by atoms with Gasteiger partial charge in [-0.25, -0.2) is 0 Å². The number of methoxy groups -OCH3 is 1. The van der Waals surface area contributed by atoms with E-state index in [1.54, 1.807) is 19.1 Å². The predicted molar refractivity (Wildman–Crippen MR) is 67.5 cm³/mol. The monoisotopic (exact) mass is 237 g/mol. The normalized spacial score (nSPS) is 10.4. The van der Waals surface area contributed by atoms with Gasteiger partial charge in [-0.15, -0.1) is 0 Å². The minimum atomic E-state index is -0.0769. The van der Waals surface area contributed by atoms with Gasteiger partial charge >= 0.3 is 0 Å². The van der Waals surface area contributed by atoms with Crippen molar-refractivity contribution in [3.63, 3.8) is 0 Å². The van der Waals surface area contributed by atoms with E-state index in [1.165, 1.54) is 0 Å². The Kier molecular flexibility index (Phi) is 4.97. The molecule has 17 heavy (non-hydrogen) atoms. The lowest BCUT2D eigenvalue weighted by molar-refractivity contribution is -0.124. The summed E-state index contributed by atoms with van der Waals surface area (Å²) >= 11 is 0. The minimum Gasteiger partial charge on any atom is -0.497 e. The fourth-order valence-corrected chi connectivity index (χ4v) is 1.30. The first-order valence-electron chi connectivity index (χ1n) is 5.56. The van der Waals surface area contributed by atoms with Crippen LogP contribution < -0.4 is 9.64 Å². The molecule has 0 unspecified atom stereocenters. The number of likely N-dealkylation sites (N-methyl/N-ethyl adjacent to an activating group) is 1. The van der Waals surface area contributed by atoms with Crippen LogP contribution in [0.5, 0.6) is 5.75 Å². The van der Waals surface area contributed by atoms with Gasteiger partial charge in [0, 0.05) is 18.8 Å². The van der Waals surface area contributed by atoms with Crippen LogP contribution in [0.3, 0.4) is 0 Å².